The first-order valence-electron chi connectivity index (χ1n) is 7.74. The van der Waals surface area contributed by atoms with Gasteiger partial charge in [-0.25, -0.2) is 8.78 Å². The van der Waals surface area contributed by atoms with Crippen LogP contribution in [-0.4, -0.2) is 18.2 Å². The van der Waals surface area contributed by atoms with E-state index in [0.29, 0.717) is 5.69 Å². The van der Waals surface area contributed by atoms with E-state index < -0.39 is 11.6 Å². The molecule has 0 fully saturated rings. The van der Waals surface area contributed by atoms with E-state index in [1.165, 1.54) is 4.90 Å². The molecule has 2 aromatic rings. The predicted octanol–water partition coefficient (Wildman–Crippen LogP) is 4.62. The summed E-state index contributed by atoms with van der Waals surface area (Å²) in [4.78, 5) is 14.2. The van der Waals surface area contributed by atoms with Gasteiger partial charge < -0.3 is 4.90 Å². The van der Waals surface area contributed by atoms with Crippen LogP contribution in [0.5, 0.6) is 0 Å². The molecule has 0 saturated heterocycles. The predicted molar refractivity (Wildman–Crippen MR) is 95.6 cm³/mol. The van der Waals surface area contributed by atoms with Gasteiger partial charge in [-0.15, -0.1) is 11.8 Å². The smallest absolute Gasteiger partial charge is 0.237 e. The van der Waals surface area contributed by atoms with Crippen LogP contribution in [0.15, 0.2) is 41.3 Å². The summed E-state index contributed by atoms with van der Waals surface area (Å²) in [5.74, 6) is -1.41. The number of hydrogen-bond donors (Lipinski definition) is 0. The molecule has 3 nitrogen and oxygen atoms in total. The lowest BCUT2D eigenvalue weighted by Crippen LogP contribution is -2.33. The SMILES string of the molecule is Cc1cc(C)cc(N(CCC#N)C(=O)CSc2cc(F)ccc2F)c1. The Morgan fingerprint density at radius 1 is 1.16 bits per heavy atom. The van der Waals surface area contributed by atoms with Crippen LogP contribution in [0, 0.1) is 36.8 Å². The highest BCUT2D eigenvalue weighted by atomic mass is 32.2. The van der Waals surface area contributed by atoms with Crippen LogP contribution in [0.4, 0.5) is 14.5 Å². The lowest BCUT2D eigenvalue weighted by molar-refractivity contribution is -0.116. The minimum absolute atomic E-state index is 0.0429. The number of amides is 1. The zero-order valence-corrected chi connectivity index (χ0v) is 14.9. The van der Waals surface area contributed by atoms with Gasteiger partial charge in [-0.05, 0) is 55.3 Å². The average molecular weight is 360 g/mol. The van der Waals surface area contributed by atoms with E-state index in [0.717, 1.165) is 41.1 Å². The number of benzene rings is 2. The van der Waals surface area contributed by atoms with E-state index in [1.807, 2.05) is 38.1 Å². The van der Waals surface area contributed by atoms with Crippen molar-refractivity contribution in [3.8, 4) is 6.07 Å². The Morgan fingerprint density at radius 3 is 2.48 bits per heavy atom. The number of nitriles is 1. The van der Waals surface area contributed by atoms with Crippen molar-refractivity contribution in [1.82, 2.24) is 0 Å². The van der Waals surface area contributed by atoms with Crippen molar-refractivity contribution in [3.63, 3.8) is 0 Å². The fourth-order valence-electron chi connectivity index (χ4n) is 2.47. The molecule has 0 aliphatic rings. The molecule has 0 aromatic heterocycles. The number of anilines is 1. The molecule has 0 N–H and O–H groups in total. The molecule has 0 heterocycles. The van der Waals surface area contributed by atoms with Gasteiger partial charge in [-0.1, -0.05) is 6.07 Å². The maximum atomic E-state index is 13.7. The highest BCUT2D eigenvalue weighted by Crippen LogP contribution is 2.25. The molecule has 1 amide bonds. The molecule has 25 heavy (non-hydrogen) atoms. The highest BCUT2D eigenvalue weighted by molar-refractivity contribution is 8.00. The molecule has 2 aromatic carbocycles. The fraction of sp³-hybridized carbons (Fsp3) is 0.263. The number of carbonyl (C=O) groups is 1. The first kappa shape index (κ1) is 18.9. The molecule has 6 heteroatoms. The third-order valence-corrected chi connectivity index (χ3v) is 4.53. The van der Waals surface area contributed by atoms with Crippen molar-refractivity contribution in [2.45, 2.75) is 25.2 Å². The molecule has 2 rings (SSSR count). The molecule has 0 saturated carbocycles. The van der Waals surface area contributed by atoms with Crippen molar-refractivity contribution in [2.75, 3.05) is 17.2 Å². The summed E-state index contributed by atoms with van der Waals surface area (Å²) in [5, 5.41) is 8.84. The minimum atomic E-state index is -0.561. The Hall–Kier alpha value is -2.39. The Kier molecular flexibility index (Phi) is 6.54. The molecule has 0 aliphatic carbocycles. The van der Waals surface area contributed by atoms with Crippen molar-refractivity contribution >= 4 is 23.4 Å². The van der Waals surface area contributed by atoms with Crippen LogP contribution in [-0.2, 0) is 4.79 Å². The summed E-state index contributed by atoms with van der Waals surface area (Å²) in [6, 6.07) is 10.9. The van der Waals surface area contributed by atoms with Gasteiger partial charge in [0.05, 0.1) is 18.2 Å². The monoisotopic (exact) mass is 360 g/mol. The van der Waals surface area contributed by atoms with Crippen LogP contribution in [0.1, 0.15) is 17.5 Å². The fourth-order valence-corrected chi connectivity index (χ4v) is 3.31. The first-order chi connectivity index (χ1) is 11.9. The van der Waals surface area contributed by atoms with Crippen molar-refractivity contribution in [2.24, 2.45) is 0 Å². The Labute approximate surface area is 150 Å². The zero-order chi connectivity index (χ0) is 18.4. The second-order valence-electron chi connectivity index (χ2n) is 5.66. The van der Waals surface area contributed by atoms with Crippen molar-refractivity contribution in [1.29, 1.82) is 5.26 Å². The molecule has 0 radical (unpaired) electrons. The van der Waals surface area contributed by atoms with Crippen molar-refractivity contribution < 1.29 is 13.6 Å². The van der Waals surface area contributed by atoms with Gasteiger partial charge >= 0.3 is 0 Å². The zero-order valence-electron chi connectivity index (χ0n) is 14.1. The molecule has 130 valence electrons. The highest BCUT2D eigenvalue weighted by Gasteiger charge is 2.17. The molecular formula is C19H18F2N2OS. The number of aryl methyl sites for hydroxylation is 2. The Balaban J connectivity index is 2.18. The third-order valence-electron chi connectivity index (χ3n) is 3.51. The average Bonchev–Trinajstić information content (AvgIpc) is 2.55. The van der Waals surface area contributed by atoms with Gasteiger partial charge in [-0.3, -0.25) is 4.79 Å². The van der Waals surface area contributed by atoms with Crippen LogP contribution in [0.2, 0.25) is 0 Å². The lowest BCUT2D eigenvalue weighted by atomic mass is 10.1. The number of halogens is 2. The van der Waals surface area contributed by atoms with Gasteiger partial charge in [-0.2, -0.15) is 5.26 Å². The number of hydrogen-bond acceptors (Lipinski definition) is 3. The van der Waals surface area contributed by atoms with Gasteiger partial charge in [0.15, 0.2) is 0 Å². The summed E-state index contributed by atoms with van der Waals surface area (Å²) in [7, 11) is 0. The lowest BCUT2D eigenvalue weighted by Gasteiger charge is -2.23. The number of carbonyl (C=O) groups excluding carboxylic acids is 1. The van der Waals surface area contributed by atoms with Crippen LogP contribution >= 0.6 is 11.8 Å². The third kappa shape index (κ3) is 5.30. The molecular weight excluding hydrogens is 342 g/mol. The van der Waals surface area contributed by atoms with Gasteiger partial charge in [0, 0.05) is 17.1 Å². The van der Waals surface area contributed by atoms with Crippen LogP contribution in [0.25, 0.3) is 0 Å². The number of rotatable bonds is 6. The van der Waals surface area contributed by atoms with E-state index in [9.17, 15) is 13.6 Å². The quantitative estimate of drug-likeness (QED) is 0.706. The van der Waals surface area contributed by atoms with E-state index in [4.69, 9.17) is 5.26 Å². The molecule has 0 bridgehead atoms. The number of nitrogens with zero attached hydrogens (tertiary/aromatic N) is 2. The van der Waals surface area contributed by atoms with Crippen LogP contribution < -0.4 is 4.90 Å². The van der Waals surface area contributed by atoms with E-state index >= 15 is 0 Å². The Bertz CT molecular complexity index is 797. The second kappa shape index (κ2) is 8.63. The first-order valence-corrected chi connectivity index (χ1v) is 8.72. The molecule has 0 atom stereocenters. The minimum Gasteiger partial charge on any atom is -0.311 e. The van der Waals surface area contributed by atoms with Gasteiger partial charge in [0.2, 0.25) is 5.91 Å². The topological polar surface area (TPSA) is 44.1 Å². The van der Waals surface area contributed by atoms with Gasteiger partial charge in [0.1, 0.15) is 11.6 Å². The summed E-state index contributed by atoms with van der Waals surface area (Å²) >= 11 is 0.945. The van der Waals surface area contributed by atoms with E-state index in [2.05, 4.69) is 0 Å². The van der Waals surface area contributed by atoms with Crippen LogP contribution in [0.3, 0.4) is 0 Å². The summed E-state index contributed by atoms with van der Waals surface area (Å²) in [6.45, 7) is 4.12. The summed E-state index contributed by atoms with van der Waals surface area (Å²) in [6.07, 6.45) is 0.192. The standard InChI is InChI=1S/C19H18F2N2OS/c1-13-8-14(2)10-16(9-13)23(7-3-6-22)19(24)12-25-18-11-15(20)4-5-17(18)21/h4-5,8-11H,3,7,12H2,1-2H3. The molecule has 0 aliphatic heterocycles. The Morgan fingerprint density at radius 2 is 1.84 bits per heavy atom. The summed E-state index contributed by atoms with van der Waals surface area (Å²) in [5.41, 5.74) is 2.72. The normalized spacial score (nSPS) is 10.4. The molecule has 0 unspecified atom stereocenters. The second-order valence-corrected chi connectivity index (χ2v) is 6.68. The van der Waals surface area contributed by atoms with Crippen molar-refractivity contribution in [3.05, 3.63) is 59.2 Å². The van der Waals surface area contributed by atoms with Gasteiger partial charge in [0.25, 0.3) is 0 Å². The summed E-state index contributed by atoms with van der Waals surface area (Å²) < 4.78 is 26.9. The molecule has 0 spiro atoms. The largest absolute Gasteiger partial charge is 0.311 e. The van der Waals surface area contributed by atoms with E-state index in [1.54, 1.807) is 0 Å². The van der Waals surface area contributed by atoms with E-state index in [-0.39, 0.29) is 29.5 Å². The maximum absolute atomic E-state index is 13.7. The maximum Gasteiger partial charge on any atom is 0.237 e. The number of thioether (sulfide) groups is 1.